The SMILES string of the molecule is CCC(CC)CNC(=NC)NCCc1ccncc1C.I. The van der Waals surface area contributed by atoms with Gasteiger partial charge in [0, 0.05) is 32.5 Å². The normalized spacial score (nSPS) is 11.2. The van der Waals surface area contributed by atoms with Crippen LogP contribution in [0.4, 0.5) is 0 Å². The van der Waals surface area contributed by atoms with Crippen molar-refractivity contribution in [3.63, 3.8) is 0 Å². The van der Waals surface area contributed by atoms with Crippen LogP contribution < -0.4 is 10.6 Å². The first kappa shape index (κ1) is 20.1. The molecule has 0 fully saturated rings. The van der Waals surface area contributed by atoms with Gasteiger partial charge in [-0.1, -0.05) is 26.7 Å². The van der Waals surface area contributed by atoms with Crippen molar-refractivity contribution in [1.29, 1.82) is 0 Å². The fourth-order valence-corrected chi connectivity index (χ4v) is 2.14. The van der Waals surface area contributed by atoms with Crippen molar-refractivity contribution >= 4 is 29.9 Å². The molecule has 0 saturated carbocycles. The minimum absolute atomic E-state index is 0. The van der Waals surface area contributed by atoms with E-state index in [0.717, 1.165) is 31.4 Å². The second-order valence-electron chi connectivity index (χ2n) is 5.11. The Morgan fingerprint density at radius 1 is 1.29 bits per heavy atom. The molecule has 21 heavy (non-hydrogen) atoms. The molecule has 0 aromatic carbocycles. The molecule has 0 atom stereocenters. The van der Waals surface area contributed by atoms with E-state index < -0.39 is 0 Å². The summed E-state index contributed by atoms with van der Waals surface area (Å²) in [6, 6.07) is 2.08. The van der Waals surface area contributed by atoms with Crippen molar-refractivity contribution in [2.75, 3.05) is 20.1 Å². The highest BCUT2D eigenvalue weighted by Crippen LogP contribution is 2.06. The van der Waals surface area contributed by atoms with E-state index in [9.17, 15) is 0 Å². The number of pyridine rings is 1. The summed E-state index contributed by atoms with van der Waals surface area (Å²) in [5, 5.41) is 6.77. The van der Waals surface area contributed by atoms with E-state index in [1.807, 2.05) is 19.4 Å². The van der Waals surface area contributed by atoms with Crippen LogP contribution in [0.15, 0.2) is 23.5 Å². The number of hydrogen-bond donors (Lipinski definition) is 2. The van der Waals surface area contributed by atoms with Crippen molar-refractivity contribution in [2.24, 2.45) is 10.9 Å². The minimum atomic E-state index is 0. The lowest BCUT2D eigenvalue weighted by Gasteiger charge is -2.16. The van der Waals surface area contributed by atoms with Gasteiger partial charge in [0.15, 0.2) is 5.96 Å². The Morgan fingerprint density at radius 3 is 2.57 bits per heavy atom. The monoisotopic (exact) mass is 404 g/mol. The maximum atomic E-state index is 4.26. The zero-order valence-electron chi connectivity index (χ0n) is 13.6. The van der Waals surface area contributed by atoms with E-state index in [4.69, 9.17) is 0 Å². The number of aliphatic imine (C=N–C) groups is 1. The molecule has 0 amide bonds. The summed E-state index contributed by atoms with van der Waals surface area (Å²) in [5.74, 6) is 1.61. The third kappa shape index (κ3) is 7.64. The Morgan fingerprint density at radius 2 is 2.00 bits per heavy atom. The van der Waals surface area contributed by atoms with Gasteiger partial charge in [0.05, 0.1) is 0 Å². The number of guanidine groups is 1. The van der Waals surface area contributed by atoms with Crippen LogP contribution in [0.3, 0.4) is 0 Å². The van der Waals surface area contributed by atoms with Crippen LogP contribution in [0.2, 0.25) is 0 Å². The van der Waals surface area contributed by atoms with E-state index in [-0.39, 0.29) is 24.0 Å². The van der Waals surface area contributed by atoms with E-state index in [0.29, 0.717) is 0 Å². The molecule has 5 heteroatoms. The quantitative estimate of drug-likeness (QED) is 0.417. The van der Waals surface area contributed by atoms with E-state index in [1.165, 1.54) is 24.0 Å². The van der Waals surface area contributed by atoms with Crippen LogP contribution in [-0.2, 0) is 6.42 Å². The number of nitrogens with zero attached hydrogens (tertiary/aromatic N) is 2. The Kier molecular flexibility index (Phi) is 11.3. The van der Waals surface area contributed by atoms with Crippen LogP contribution in [0.5, 0.6) is 0 Å². The van der Waals surface area contributed by atoms with Gasteiger partial charge in [-0.05, 0) is 36.5 Å². The molecule has 0 spiro atoms. The van der Waals surface area contributed by atoms with Crippen LogP contribution in [-0.4, -0.2) is 31.1 Å². The first-order valence-corrected chi connectivity index (χ1v) is 7.55. The lowest BCUT2D eigenvalue weighted by Crippen LogP contribution is -2.40. The molecule has 120 valence electrons. The molecular formula is C16H29IN4. The van der Waals surface area contributed by atoms with Gasteiger partial charge in [0.2, 0.25) is 0 Å². The van der Waals surface area contributed by atoms with Crippen molar-refractivity contribution in [3.8, 4) is 0 Å². The van der Waals surface area contributed by atoms with Crippen LogP contribution in [0, 0.1) is 12.8 Å². The molecule has 1 heterocycles. The fourth-order valence-electron chi connectivity index (χ4n) is 2.14. The summed E-state index contributed by atoms with van der Waals surface area (Å²) in [4.78, 5) is 8.38. The average Bonchev–Trinajstić information content (AvgIpc) is 2.48. The molecule has 1 aromatic rings. The molecule has 0 aliphatic heterocycles. The van der Waals surface area contributed by atoms with Crippen molar-refractivity contribution in [1.82, 2.24) is 15.6 Å². The summed E-state index contributed by atoms with van der Waals surface area (Å²) < 4.78 is 0. The zero-order valence-corrected chi connectivity index (χ0v) is 16.0. The van der Waals surface area contributed by atoms with Gasteiger partial charge in [-0.2, -0.15) is 0 Å². The summed E-state index contributed by atoms with van der Waals surface area (Å²) in [6.45, 7) is 8.44. The van der Waals surface area contributed by atoms with Gasteiger partial charge in [0.1, 0.15) is 0 Å². The molecule has 0 aliphatic carbocycles. The molecule has 1 aromatic heterocycles. The number of nitrogens with one attached hydrogen (secondary N) is 2. The highest BCUT2D eigenvalue weighted by atomic mass is 127. The number of rotatable bonds is 7. The van der Waals surface area contributed by atoms with Gasteiger partial charge in [-0.3, -0.25) is 9.98 Å². The predicted octanol–water partition coefficient (Wildman–Crippen LogP) is 3.15. The second-order valence-corrected chi connectivity index (χ2v) is 5.11. The Labute approximate surface area is 146 Å². The molecule has 0 bridgehead atoms. The number of aromatic nitrogens is 1. The summed E-state index contributed by atoms with van der Waals surface area (Å²) in [5.41, 5.74) is 2.58. The van der Waals surface area contributed by atoms with Gasteiger partial charge >= 0.3 is 0 Å². The molecule has 1 rings (SSSR count). The van der Waals surface area contributed by atoms with E-state index >= 15 is 0 Å². The van der Waals surface area contributed by atoms with Gasteiger partial charge in [-0.25, -0.2) is 0 Å². The van der Waals surface area contributed by atoms with E-state index in [1.54, 1.807) is 0 Å². The smallest absolute Gasteiger partial charge is 0.190 e. The minimum Gasteiger partial charge on any atom is -0.356 e. The molecule has 0 aliphatic rings. The highest BCUT2D eigenvalue weighted by Gasteiger charge is 2.05. The molecule has 0 saturated heterocycles. The highest BCUT2D eigenvalue weighted by molar-refractivity contribution is 14.0. The summed E-state index contributed by atoms with van der Waals surface area (Å²) >= 11 is 0. The van der Waals surface area contributed by atoms with Gasteiger partial charge in [0.25, 0.3) is 0 Å². The maximum Gasteiger partial charge on any atom is 0.190 e. The Bertz CT molecular complexity index is 416. The topological polar surface area (TPSA) is 49.3 Å². The van der Waals surface area contributed by atoms with Crippen molar-refractivity contribution in [3.05, 3.63) is 29.6 Å². The van der Waals surface area contributed by atoms with Crippen LogP contribution >= 0.6 is 24.0 Å². The van der Waals surface area contributed by atoms with Crippen molar-refractivity contribution < 1.29 is 0 Å². The first-order valence-electron chi connectivity index (χ1n) is 7.55. The molecule has 0 unspecified atom stereocenters. The maximum absolute atomic E-state index is 4.26. The summed E-state index contributed by atoms with van der Waals surface area (Å²) in [7, 11) is 1.82. The third-order valence-corrected chi connectivity index (χ3v) is 3.76. The fraction of sp³-hybridized carbons (Fsp3) is 0.625. The average molecular weight is 404 g/mol. The van der Waals surface area contributed by atoms with Gasteiger partial charge in [-0.15, -0.1) is 24.0 Å². The van der Waals surface area contributed by atoms with E-state index in [2.05, 4.69) is 47.4 Å². The van der Waals surface area contributed by atoms with Gasteiger partial charge < -0.3 is 10.6 Å². The second kappa shape index (κ2) is 11.8. The Hall–Kier alpha value is -0.850. The lowest BCUT2D eigenvalue weighted by molar-refractivity contribution is 0.481. The zero-order chi connectivity index (χ0) is 14.8. The first-order chi connectivity index (χ1) is 9.71. The number of aryl methyl sites for hydroxylation is 1. The largest absolute Gasteiger partial charge is 0.356 e. The molecular weight excluding hydrogens is 375 g/mol. The number of hydrogen-bond acceptors (Lipinski definition) is 2. The van der Waals surface area contributed by atoms with Crippen LogP contribution in [0.25, 0.3) is 0 Å². The molecule has 4 nitrogen and oxygen atoms in total. The lowest BCUT2D eigenvalue weighted by atomic mass is 10.0. The predicted molar refractivity (Wildman–Crippen MR) is 102 cm³/mol. The number of halogens is 1. The summed E-state index contributed by atoms with van der Waals surface area (Å²) in [6.07, 6.45) is 7.16. The third-order valence-electron chi connectivity index (χ3n) is 3.76. The molecule has 2 N–H and O–H groups in total. The van der Waals surface area contributed by atoms with Crippen LogP contribution in [0.1, 0.15) is 37.8 Å². The Balaban J connectivity index is 0.00000400. The molecule has 0 radical (unpaired) electrons. The van der Waals surface area contributed by atoms with Crippen molar-refractivity contribution in [2.45, 2.75) is 40.0 Å². The standard InChI is InChI=1S/C16H28N4.HI/c1-5-14(6-2)12-20-16(17-4)19-10-8-15-7-9-18-11-13(15)3;/h7,9,11,14H,5-6,8,10,12H2,1-4H3,(H2,17,19,20);1H.